The number of carbonyl (C=O) groups is 5. The van der Waals surface area contributed by atoms with Crippen molar-refractivity contribution < 1.29 is 42.9 Å². The van der Waals surface area contributed by atoms with Crippen molar-refractivity contribution in [3.8, 4) is 17.2 Å². The zero-order valence-electron chi connectivity index (χ0n) is 22.1. The van der Waals surface area contributed by atoms with Gasteiger partial charge >= 0.3 is 23.9 Å². The van der Waals surface area contributed by atoms with Crippen molar-refractivity contribution >= 4 is 29.7 Å². The molecule has 0 bridgehead atoms. The zero-order chi connectivity index (χ0) is 29.4. The summed E-state index contributed by atoms with van der Waals surface area (Å²) in [7, 11) is 0. The summed E-state index contributed by atoms with van der Waals surface area (Å²) >= 11 is 0. The fourth-order valence-corrected chi connectivity index (χ4v) is 3.79. The van der Waals surface area contributed by atoms with Gasteiger partial charge in [-0.1, -0.05) is 54.6 Å². The van der Waals surface area contributed by atoms with Gasteiger partial charge in [0.2, 0.25) is 5.75 Å². The number of benzene rings is 4. The fourth-order valence-electron chi connectivity index (χ4n) is 3.79. The first-order chi connectivity index (χ1) is 19.8. The summed E-state index contributed by atoms with van der Waals surface area (Å²) in [5, 5.41) is 0. The molecule has 9 nitrogen and oxygen atoms in total. The molecule has 4 aromatic rings. The van der Waals surface area contributed by atoms with E-state index >= 15 is 0 Å². The van der Waals surface area contributed by atoms with Gasteiger partial charge in [-0.3, -0.25) is 4.79 Å². The maximum absolute atomic E-state index is 13.2. The molecule has 0 atom stereocenters. The number of rotatable bonds is 9. The molecule has 0 aromatic heterocycles. The predicted molar refractivity (Wildman–Crippen MR) is 147 cm³/mol. The Labute approximate surface area is 235 Å². The summed E-state index contributed by atoms with van der Waals surface area (Å²) in [6.07, 6.45) is 0. The van der Waals surface area contributed by atoms with E-state index in [1.807, 2.05) is 0 Å². The van der Waals surface area contributed by atoms with Crippen LogP contribution in [0.25, 0.3) is 0 Å². The Balaban J connectivity index is 1.95. The van der Waals surface area contributed by atoms with Crippen LogP contribution in [-0.4, -0.2) is 36.3 Å². The maximum Gasteiger partial charge on any atom is 0.343 e. The number of ketones is 1. The van der Waals surface area contributed by atoms with Gasteiger partial charge in [-0.25, -0.2) is 19.2 Å². The normalized spacial score (nSPS) is 10.3. The maximum atomic E-state index is 13.2. The molecule has 0 saturated heterocycles. The Kier molecular flexibility index (Phi) is 9.01. The minimum atomic E-state index is -0.951. The molecule has 4 rings (SSSR count). The van der Waals surface area contributed by atoms with Crippen molar-refractivity contribution in [2.45, 2.75) is 13.8 Å². The predicted octanol–water partition coefficient (Wildman–Crippen LogP) is 5.72. The number of carbonyl (C=O) groups excluding carboxylic acids is 5. The zero-order valence-corrected chi connectivity index (χ0v) is 22.1. The number of ether oxygens (including phenoxy) is 4. The lowest BCUT2D eigenvalue weighted by Gasteiger charge is -2.19. The van der Waals surface area contributed by atoms with Crippen LogP contribution in [0, 0.1) is 0 Å². The lowest BCUT2D eigenvalue weighted by molar-refractivity contribution is 0.0517. The average Bonchev–Trinajstić information content (AvgIpc) is 2.99. The van der Waals surface area contributed by atoms with E-state index in [1.165, 1.54) is 36.4 Å². The highest BCUT2D eigenvalue weighted by Gasteiger charge is 2.32. The van der Waals surface area contributed by atoms with E-state index in [-0.39, 0.29) is 28.9 Å². The molecule has 0 heterocycles. The van der Waals surface area contributed by atoms with Gasteiger partial charge in [0.25, 0.3) is 0 Å². The van der Waals surface area contributed by atoms with Gasteiger partial charge in [-0.2, -0.15) is 0 Å². The second-order valence-corrected chi connectivity index (χ2v) is 8.50. The molecule has 0 aliphatic heterocycles. The Hall–Kier alpha value is -5.57. The van der Waals surface area contributed by atoms with Crippen molar-refractivity contribution in [2.24, 2.45) is 0 Å². The molecule has 206 valence electrons. The minimum Gasteiger partial charge on any atom is -0.462 e. The third-order valence-electron chi connectivity index (χ3n) is 5.67. The molecule has 0 spiro atoms. The van der Waals surface area contributed by atoms with E-state index in [0.29, 0.717) is 0 Å². The van der Waals surface area contributed by atoms with Crippen LogP contribution in [0.3, 0.4) is 0 Å². The highest BCUT2D eigenvalue weighted by Crippen LogP contribution is 2.44. The molecule has 0 amide bonds. The highest BCUT2D eigenvalue weighted by atomic mass is 16.6. The molecular weight excluding hydrogens is 528 g/mol. The SMILES string of the molecule is CCOC(=O)c1cc(OC(=O)c2ccccc2)c(OC(=O)c2ccccc2)c(OC(=O)c2ccccc2)c1C(C)=O. The second kappa shape index (κ2) is 13.0. The Morgan fingerprint density at radius 2 is 0.976 bits per heavy atom. The van der Waals surface area contributed by atoms with Crippen molar-refractivity contribution in [1.29, 1.82) is 0 Å². The standard InChI is InChI=1S/C32H24O9/c1-3-38-32(37)24-19-25(39-29(34)21-13-7-4-8-14-21)27(40-30(35)22-15-9-5-10-16-22)28(26(24)20(2)33)41-31(36)23-17-11-6-12-18-23/h4-19H,3H2,1-2H3. The molecule has 0 unspecified atom stereocenters. The van der Waals surface area contributed by atoms with E-state index < -0.39 is 52.5 Å². The van der Waals surface area contributed by atoms with Crippen LogP contribution in [0.15, 0.2) is 97.1 Å². The molecular formula is C32H24O9. The number of Topliss-reactive ketones (excluding diaryl/α,β-unsaturated/α-hetero) is 1. The third-order valence-corrected chi connectivity index (χ3v) is 5.67. The van der Waals surface area contributed by atoms with E-state index in [4.69, 9.17) is 18.9 Å². The summed E-state index contributed by atoms with van der Waals surface area (Å²) < 4.78 is 21.9. The molecule has 0 fully saturated rings. The first-order valence-corrected chi connectivity index (χ1v) is 12.5. The smallest absolute Gasteiger partial charge is 0.343 e. The topological polar surface area (TPSA) is 122 Å². The molecule has 0 radical (unpaired) electrons. The van der Waals surface area contributed by atoms with Crippen LogP contribution in [0.5, 0.6) is 17.2 Å². The summed E-state index contributed by atoms with van der Waals surface area (Å²) in [6.45, 7) is 2.66. The number of hydrogen-bond acceptors (Lipinski definition) is 9. The lowest BCUT2D eigenvalue weighted by atomic mass is 10.0. The Morgan fingerprint density at radius 3 is 1.39 bits per heavy atom. The van der Waals surface area contributed by atoms with Crippen LogP contribution in [-0.2, 0) is 4.74 Å². The van der Waals surface area contributed by atoms with Gasteiger partial charge in [0.05, 0.1) is 34.4 Å². The average molecular weight is 553 g/mol. The highest BCUT2D eigenvalue weighted by molar-refractivity contribution is 6.10. The van der Waals surface area contributed by atoms with Crippen LogP contribution in [0.4, 0.5) is 0 Å². The van der Waals surface area contributed by atoms with Crippen LogP contribution in [0.1, 0.15) is 65.6 Å². The largest absolute Gasteiger partial charge is 0.462 e. The molecule has 0 N–H and O–H groups in total. The molecule has 0 aliphatic rings. The van der Waals surface area contributed by atoms with Gasteiger partial charge in [-0.15, -0.1) is 0 Å². The van der Waals surface area contributed by atoms with Crippen LogP contribution >= 0.6 is 0 Å². The van der Waals surface area contributed by atoms with E-state index in [1.54, 1.807) is 61.5 Å². The molecule has 0 aliphatic carbocycles. The minimum absolute atomic E-state index is 0.0425. The number of hydrogen-bond donors (Lipinski definition) is 0. The van der Waals surface area contributed by atoms with Gasteiger partial charge in [0, 0.05) is 6.07 Å². The van der Waals surface area contributed by atoms with Crippen LogP contribution < -0.4 is 14.2 Å². The monoisotopic (exact) mass is 552 g/mol. The Bertz CT molecular complexity index is 1600. The van der Waals surface area contributed by atoms with Crippen molar-refractivity contribution in [2.75, 3.05) is 6.61 Å². The van der Waals surface area contributed by atoms with Gasteiger partial charge in [0.1, 0.15) is 0 Å². The van der Waals surface area contributed by atoms with E-state index in [9.17, 15) is 24.0 Å². The first kappa shape index (κ1) is 28.4. The molecule has 41 heavy (non-hydrogen) atoms. The van der Waals surface area contributed by atoms with Crippen molar-refractivity contribution in [1.82, 2.24) is 0 Å². The quantitative estimate of drug-likeness (QED) is 0.146. The summed E-state index contributed by atoms with van der Waals surface area (Å²) in [5.41, 5.74) is -0.392. The van der Waals surface area contributed by atoms with E-state index in [2.05, 4.69) is 0 Å². The Morgan fingerprint density at radius 1 is 0.561 bits per heavy atom. The second-order valence-electron chi connectivity index (χ2n) is 8.50. The fraction of sp³-hybridized carbons (Fsp3) is 0.0938. The summed E-state index contributed by atoms with van der Waals surface area (Å²) in [5.74, 6) is -5.94. The summed E-state index contributed by atoms with van der Waals surface area (Å²) in [4.78, 5) is 65.3. The van der Waals surface area contributed by atoms with Gasteiger partial charge < -0.3 is 18.9 Å². The third kappa shape index (κ3) is 6.72. The molecule has 4 aromatic carbocycles. The van der Waals surface area contributed by atoms with Crippen molar-refractivity contribution in [3.63, 3.8) is 0 Å². The van der Waals surface area contributed by atoms with Crippen molar-refractivity contribution in [3.05, 3.63) is 125 Å². The lowest BCUT2D eigenvalue weighted by Crippen LogP contribution is -2.20. The first-order valence-electron chi connectivity index (χ1n) is 12.5. The molecule has 0 saturated carbocycles. The van der Waals surface area contributed by atoms with Gasteiger partial charge in [0.15, 0.2) is 17.3 Å². The van der Waals surface area contributed by atoms with Crippen LogP contribution in [0.2, 0.25) is 0 Å². The molecule has 9 heteroatoms. The number of esters is 4. The summed E-state index contributed by atoms with van der Waals surface area (Å²) in [6, 6.07) is 24.6. The van der Waals surface area contributed by atoms with E-state index in [0.717, 1.165) is 13.0 Å². The van der Waals surface area contributed by atoms with Gasteiger partial charge in [-0.05, 0) is 50.2 Å².